The minimum Gasteiger partial charge on any atom is -0.478 e. The van der Waals surface area contributed by atoms with Crippen LogP contribution in [0.2, 0.25) is 0 Å². The minimum absolute atomic E-state index is 0.0414. The van der Waals surface area contributed by atoms with Gasteiger partial charge in [0.25, 0.3) is 5.91 Å². The summed E-state index contributed by atoms with van der Waals surface area (Å²) in [7, 11) is 0. The molecule has 1 heterocycles. The van der Waals surface area contributed by atoms with Crippen molar-refractivity contribution < 1.29 is 19.4 Å². The molecule has 1 N–H and O–H groups in total. The molecule has 0 atom stereocenters. The third-order valence-corrected chi connectivity index (χ3v) is 4.11. The van der Waals surface area contributed by atoms with E-state index in [0.29, 0.717) is 31.2 Å². The Balaban J connectivity index is 2.81. The standard InChI is InChI=1S/C15H21NO4S/c1-4-16(8-9-20-5-2)15(19)13-10-11(3)12(21-13)6-7-14(17)18/h6-7,10H,4-5,8-9H2,1-3H3,(H,17,18)/b7-6+. The number of hydrogen-bond donors (Lipinski definition) is 1. The Hall–Kier alpha value is -1.66. The molecule has 0 fully saturated rings. The molecular formula is C15H21NO4S. The number of ether oxygens (including phenoxy) is 1. The molecular weight excluding hydrogens is 290 g/mol. The number of carbonyl (C=O) groups is 2. The van der Waals surface area contributed by atoms with Crippen LogP contribution >= 0.6 is 11.3 Å². The zero-order chi connectivity index (χ0) is 15.8. The van der Waals surface area contributed by atoms with Gasteiger partial charge in [0.05, 0.1) is 11.5 Å². The van der Waals surface area contributed by atoms with Crippen LogP contribution < -0.4 is 0 Å². The molecule has 0 radical (unpaired) electrons. The lowest BCUT2D eigenvalue weighted by Gasteiger charge is -2.19. The number of nitrogens with zero attached hydrogens (tertiary/aromatic N) is 1. The summed E-state index contributed by atoms with van der Waals surface area (Å²) in [6.07, 6.45) is 2.61. The van der Waals surface area contributed by atoms with Crippen LogP contribution in [0.5, 0.6) is 0 Å². The summed E-state index contributed by atoms with van der Waals surface area (Å²) in [5, 5.41) is 8.66. The number of amides is 1. The second-order valence-corrected chi connectivity index (χ2v) is 5.50. The molecule has 0 aromatic carbocycles. The maximum absolute atomic E-state index is 12.4. The van der Waals surface area contributed by atoms with Crippen LogP contribution in [0.25, 0.3) is 6.08 Å². The van der Waals surface area contributed by atoms with Gasteiger partial charge >= 0.3 is 5.97 Å². The monoisotopic (exact) mass is 311 g/mol. The molecule has 0 unspecified atom stereocenters. The molecule has 0 saturated carbocycles. The number of likely N-dealkylation sites (N-methyl/N-ethyl adjacent to an activating group) is 1. The molecule has 0 aliphatic heterocycles. The van der Waals surface area contributed by atoms with Crippen molar-refractivity contribution in [3.05, 3.63) is 27.5 Å². The largest absolute Gasteiger partial charge is 0.478 e. The van der Waals surface area contributed by atoms with Crippen molar-refractivity contribution in [3.63, 3.8) is 0 Å². The van der Waals surface area contributed by atoms with Crippen molar-refractivity contribution in [3.8, 4) is 0 Å². The lowest BCUT2D eigenvalue weighted by Crippen LogP contribution is -2.33. The molecule has 1 rings (SSSR count). The van der Waals surface area contributed by atoms with Crippen molar-refractivity contribution in [2.75, 3.05) is 26.3 Å². The van der Waals surface area contributed by atoms with E-state index >= 15 is 0 Å². The van der Waals surface area contributed by atoms with Crippen LogP contribution in [0.3, 0.4) is 0 Å². The summed E-state index contributed by atoms with van der Waals surface area (Å²) in [5.41, 5.74) is 0.904. The van der Waals surface area contributed by atoms with Gasteiger partial charge in [-0.25, -0.2) is 4.79 Å². The average Bonchev–Trinajstić information content (AvgIpc) is 2.82. The topological polar surface area (TPSA) is 66.8 Å². The molecule has 6 heteroatoms. The molecule has 5 nitrogen and oxygen atoms in total. The van der Waals surface area contributed by atoms with E-state index in [1.54, 1.807) is 11.0 Å². The highest BCUT2D eigenvalue weighted by Gasteiger charge is 2.17. The quantitative estimate of drug-likeness (QED) is 0.592. The second kappa shape index (κ2) is 8.59. The normalized spacial score (nSPS) is 11.0. The first-order valence-electron chi connectivity index (χ1n) is 6.88. The Kier molecular flexibility index (Phi) is 7.11. The Morgan fingerprint density at radius 3 is 2.71 bits per heavy atom. The predicted molar refractivity (Wildman–Crippen MR) is 83.8 cm³/mol. The Morgan fingerprint density at radius 1 is 1.43 bits per heavy atom. The van der Waals surface area contributed by atoms with E-state index in [9.17, 15) is 9.59 Å². The van der Waals surface area contributed by atoms with Gasteiger partial charge in [0.15, 0.2) is 0 Å². The number of aliphatic carboxylic acids is 1. The summed E-state index contributed by atoms with van der Waals surface area (Å²) < 4.78 is 5.28. The first-order chi connectivity index (χ1) is 9.99. The van der Waals surface area contributed by atoms with Crippen LogP contribution in [0.15, 0.2) is 12.1 Å². The molecule has 0 bridgehead atoms. The van der Waals surface area contributed by atoms with Crippen molar-refractivity contribution in [2.45, 2.75) is 20.8 Å². The smallest absolute Gasteiger partial charge is 0.328 e. The van der Waals surface area contributed by atoms with Crippen molar-refractivity contribution in [2.24, 2.45) is 0 Å². The molecule has 116 valence electrons. The molecule has 1 amide bonds. The highest BCUT2D eigenvalue weighted by Crippen LogP contribution is 2.24. The van der Waals surface area contributed by atoms with Gasteiger partial charge < -0.3 is 14.7 Å². The average molecular weight is 311 g/mol. The van der Waals surface area contributed by atoms with Gasteiger partial charge in [-0.1, -0.05) is 0 Å². The molecule has 21 heavy (non-hydrogen) atoms. The predicted octanol–water partition coefficient (Wildman–Crippen LogP) is 2.65. The number of aryl methyl sites for hydroxylation is 1. The number of thiophene rings is 1. The number of carboxylic acids is 1. The van der Waals surface area contributed by atoms with Gasteiger partial charge in [-0.2, -0.15) is 0 Å². The van der Waals surface area contributed by atoms with E-state index in [-0.39, 0.29) is 5.91 Å². The van der Waals surface area contributed by atoms with Gasteiger partial charge in [0, 0.05) is 30.6 Å². The van der Waals surface area contributed by atoms with E-state index < -0.39 is 5.97 Å². The van der Waals surface area contributed by atoms with E-state index in [0.717, 1.165) is 16.5 Å². The minimum atomic E-state index is -0.998. The summed E-state index contributed by atoms with van der Waals surface area (Å²) in [4.78, 5) is 26.1. The summed E-state index contributed by atoms with van der Waals surface area (Å²) in [6, 6.07) is 1.80. The molecule has 0 aliphatic carbocycles. The molecule has 0 aliphatic rings. The van der Waals surface area contributed by atoms with Crippen molar-refractivity contribution in [1.29, 1.82) is 0 Å². The van der Waals surface area contributed by atoms with Gasteiger partial charge in [-0.05, 0) is 38.5 Å². The fraction of sp³-hybridized carbons (Fsp3) is 0.467. The number of hydrogen-bond acceptors (Lipinski definition) is 4. The first kappa shape index (κ1) is 17.4. The number of carbonyl (C=O) groups excluding carboxylic acids is 1. The third-order valence-electron chi connectivity index (χ3n) is 2.92. The number of carboxylic acid groups (broad SMARTS) is 1. The lowest BCUT2D eigenvalue weighted by atomic mass is 10.2. The van der Waals surface area contributed by atoms with Crippen molar-refractivity contribution in [1.82, 2.24) is 4.90 Å². The van der Waals surface area contributed by atoms with E-state index in [1.165, 1.54) is 17.4 Å². The third kappa shape index (κ3) is 5.32. The lowest BCUT2D eigenvalue weighted by molar-refractivity contribution is -0.131. The molecule has 1 aromatic rings. The van der Waals surface area contributed by atoms with Gasteiger partial charge in [0.2, 0.25) is 0 Å². The van der Waals surface area contributed by atoms with Gasteiger partial charge in [-0.15, -0.1) is 11.3 Å². The van der Waals surface area contributed by atoms with Crippen LogP contribution in [0.4, 0.5) is 0 Å². The molecule has 0 saturated heterocycles. The van der Waals surface area contributed by atoms with Crippen LogP contribution in [-0.2, 0) is 9.53 Å². The fourth-order valence-corrected chi connectivity index (χ4v) is 2.84. The number of rotatable bonds is 8. The molecule has 0 spiro atoms. The van der Waals surface area contributed by atoms with E-state index in [1.807, 2.05) is 20.8 Å². The summed E-state index contributed by atoms with van der Waals surface area (Å²) in [5.74, 6) is -1.04. The van der Waals surface area contributed by atoms with E-state index in [2.05, 4.69) is 0 Å². The Bertz CT molecular complexity index is 522. The molecule has 1 aromatic heterocycles. The van der Waals surface area contributed by atoms with Crippen LogP contribution in [0, 0.1) is 6.92 Å². The second-order valence-electron chi connectivity index (χ2n) is 4.41. The van der Waals surface area contributed by atoms with E-state index in [4.69, 9.17) is 9.84 Å². The zero-order valence-electron chi connectivity index (χ0n) is 12.6. The summed E-state index contributed by atoms with van der Waals surface area (Å²) >= 11 is 1.31. The summed E-state index contributed by atoms with van der Waals surface area (Å²) in [6.45, 7) is 8.03. The SMILES string of the molecule is CCOCCN(CC)C(=O)c1cc(C)c(/C=C/C(=O)O)s1. The maximum atomic E-state index is 12.4. The zero-order valence-corrected chi connectivity index (χ0v) is 13.4. The van der Waals surface area contributed by atoms with Gasteiger partial charge in [0.1, 0.15) is 0 Å². The Labute approximate surface area is 128 Å². The Morgan fingerprint density at radius 2 is 2.14 bits per heavy atom. The highest BCUT2D eigenvalue weighted by atomic mass is 32.1. The maximum Gasteiger partial charge on any atom is 0.328 e. The van der Waals surface area contributed by atoms with Crippen LogP contribution in [-0.4, -0.2) is 48.2 Å². The van der Waals surface area contributed by atoms with Crippen molar-refractivity contribution >= 4 is 29.3 Å². The van der Waals surface area contributed by atoms with Crippen LogP contribution in [0.1, 0.15) is 34.0 Å². The first-order valence-corrected chi connectivity index (χ1v) is 7.69. The fourth-order valence-electron chi connectivity index (χ4n) is 1.79. The van der Waals surface area contributed by atoms with Gasteiger partial charge in [-0.3, -0.25) is 4.79 Å². The highest BCUT2D eigenvalue weighted by molar-refractivity contribution is 7.15.